The predicted molar refractivity (Wildman–Crippen MR) is 98.5 cm³/mol. The van der Waals surface area contributed by atoms with Crippen LogP contribution in [0.4, 0.5) is 5.69 Å². The lowest BCUT2D eigenvalue weighted by Gasteiger charge is -2.33. The van der Waals surface area contributed by atoms with Crippen molar-refractivity contribution in [2.24, 2.45) is 0 Å². The Hall–Kier alpha value is -3.01. The molecule has 25 heavy (non-hydrogen) atoms. The lowest BCUT2D eigenvalue weighted by atomic mass is 9.81. The lowest BCUT2D eigenvalue weighted by molar-refractivity contribution is -0.118. The minimum atomic E-state index is -0.0701. The summed E-state index contributed by atoms with van der Waals surface area (Å²) in [5.74, 6) is 0.536. The minimum Gasteiger partial charge on any atom is -0.504 e. The Labute approximate surface area is 146 Å². The molecule has 3 aromatic rings. The van der Waals surface area contributed by atoms with Gasteiger partial charge >= 0.3 is 0 Å². The number of fused-ring (bicyclic) bond motifs is 3. The highest BCUT2D eigenvalue weighted by Crippen LogP contribution is 2.44. The number of hydrogen-bond acceptors (Lipinski definition) is 3. The Morgan fingerprint density at radius 2 is 1.92 bits per heavy atom. The maximum Gasteiger partial charge on any atom is 0.227 e. The third-order valence-electron chi connectivity index (χ3n) is 5.02. The summed E-state index contributed by atoms with van der Waals surface area (Å²) in [7, 11) is 3.35. The van der Waals surface area contributed by atoms with Gasteiger partial charge in [0.1, 0.15) is 0 Å². The van der Waals surface area contributed by atoms with Crippen LogP contribution in [0.15, 0.2) is 54.6 Å². The van der Waals surface area contributed by atoms with Crippen LogP contribution >= 0.6 is 0 Å². The van der Waals surface area contributed by atoms with E-state index in [1.165, 1.54) is 7.11 Å². The van der Waals surface area contributed by atoms with E-state index in [2.05, 4.69) is 18.2 Å². The van der Waals surface area contributed by atoms with Crippen LogP contribution in [0.5, 0.6) is 11.5 Å². The van der Waals surface area contributed by atoms with Crippen molar-refractivity contribution in [1.29, 1.82) is 0 Å². The van der Waals surface area contributed by atoms with Crippen LogP contribution in [0.1, 0.15) is 23.5 Å². The van der Waals surface area contributed by atoms with Crippen molar-refractivity contribution in [2.45, 2.75) is 12.3 Å². The third kappa shape index (κ3) is 2.41. The quantitative estimate of drug-likeness (QED) is 0.769. The normalized spacial score (nSPS) is 16.8. The molecule has 0 bridgehead atoms. The number of methoxy groups -OCH3 is 1. The van der Waals surface area contributed by atoms with E-state index in [-0.39, 0.29) is 17.6 Å². The molecule has 4 nitrogen and oxygen atoms in total. The zero-order valence-corrected chi connectivity index (χ0v) is 14.2. The zero-order valence-electron chi connectivity index (χ0n) is 14.2. The molecule has 1 unspecified atom stereocenters. The number of ether oxygens (including phenoxy) is 1. The number of rotatable bonds is 2. The first kappa shape index (κ1) is 15.5. The van der Waals surface area contributed by atoms with Crippen molar-refractivity contribution in [3.05, 3.63) is 65.7 Å². The lowest BCUT2D eigenvalue weighted by Crippen LogP contribution is -2.33. The Kier molecular flexibility index (Phi) is 3.61. The van der Waals surface area contributed by atoms with Crippen LogP contribution in [0.25, 0.3) is 10.8 Å². The molecule has 1 amide bonds. The fourth-order valence-corrected chi connectivity index (χ4v) is 3.69. The molecule has 0 saturated heterocycles. The molecule has 4 heteroatoms. The van der Waals surface area contributed by atoms with Gasteiger partial charge in [-0.25, -0.2) is 0 Å². The smallest absolute Gasteiger partial charge is 0.227 e. The van der Waals surface area contributed by atoms with Crippen LogP contribution in [-0.4, -0.2) is 25.2 Å². The number of phenols is 1. The SMILES string of the molecule is COc1cc(C2CC(=O)N(C)c3ccc4ccccc4c32)ccc1O. The number of benzene rings is 3. The number of anilines is 1. The van der Waals surface area contributed by atoms with E-state index in [9.17, 15) is 9.90 Å². The van der Waals surface area contributed by atoms with Gasteiger partial charge < -0.3 is 14.7 Å². The van der Waals surface area contributed by atoms with Crippen molar-refractivity contribution in [2.75, 3.05) is 19.1 Å². The molecule has 3 aromatic carbocycles. The van der Waals surface area contributed by atoms with Gasteiger partial charge in [0.2, 0.25) is 5.91 Å². The number of amides is 1. The Balaban J connectivity index is 1.98. The number of hydrogen-bond donors (Lipinski definition) is 1. The maximum atomic E-state index is 12.5. The number of carbonyl (C=O) groups is 1. The van der Waals surface area contributed by atoms with E-state index >= 15 is 0 Å². The summed E-state index contributed by atoms with van der Waals surface area (Å²) in [6.45, 7) is 0. The molecule has 1 heterocycles. The maximum absolute atomic E-state index is 12.5. The Morgan fingerprint density at radius 3 is 2.72 bits per heavy atom. The van der Waals surface area contributed by atoms with Gasteiger partial charge in [0.05, 0.1) is 7.11 Å². The molecule has 1 atom stereocenters. The first-order chi connectivity index (χ1) is 12.1. The van der Waals surface area contributed by atoms with Crippen LogP contribution in [0, 0.1) is 0 Å². The summed E-state index contributed by atoms with van der Waals surface area (Å²) in [6, 6.07) is 17.6. The molecule has 4 rings (SSSR count). The van der Waals surface area contributed by atoms with E-state index in [1.54, 1.807) is 11.0 Å². The average molecular weight is 333 g/mol. The monoisotopic (exact) mass is 333 g/mol. The molecule has 1 N–H and O–H groups in total. The van der Waals surface area contributed by atoms with Crippen LogP contribution in [0.3, 0.4) is 0 Å². The molecular formula is C21H19NO3. The van der Waals surface area contributed by atoms with E-state index in [0.29, 0.717) is 12.2 Å². The van der Waals surface area contributed by atoms with E-state index in [1.807, 2.05) is 37.4 Å². The predicted octanol–water partition coefficient (Wildman–Crippen LogP) is 4.05. The van der Waals surface area contributed by atoms with Crippen LogP contribution < -0.4 is 9.64 Å². The molecule has 0 aromatic heterocycles. The van der Waals surface area contributed by atoms with Crippen LogP contribution in [0.2, 0.25) is 0 Å². The second-order valence-corrected chi connectivity index (χ2v) is 6.36. The fraction of sp³-hybridized carbons (Fsp3) is 0.190. The summed E-state index contributed by atoms with van der Waals surface area (Å²) in [5, 5.41) is 12.2. The number of aromatic hydroxyl groups is 1. The Morgan fingerprint density at radius 1 is 1.12 bits per heavy atom. The van der Waals surface area contributed by atoms with Crippen LogP contribution in [-0.2, 0) is 4.79 Å². The molecule has 0 aliphatic carbocycles. The molecule has 1 aliphatic rings. The molecule has 0 radical (unpaired) electrons. The highest BCUT2D eigenvalue weighted by Gasteiger charge is 2.32. The highest BCUT2D eigenvalue weighted by molar-refractivity contribution is 6.02. The summed E-state index contributed by atoms with van der Waals surface area (Å²) in [5.41, 5.74) is 3.05. The van der Waals surface area contributed by atoms with Crippen molar-refractivity contribution < 1.29 is 14.6 Å². The van der Waals surface area contributed by atoms with Crippen molar-refractivity contribution in [3.8, 4) is 11.5 Å². The van der Waals surface area contributed by atoms with Crippen molar-refractivity contribution >= 4 is 22.4 Å². The zero-order chi connectivity index (χ0) is 17.6. The fourth-order valence-electron chi connectivity index (χ4n) is 3.69. The van der Waals surface area contributed by atoms with Gasteiger partial charge in [0.25, 0.3) is 0 Å². The van der Waals surface area contributed by atoms with Gasteiger partial charge in [-0.2, -0.15) is 0 Å². The largest absolute Gasteiger partial charge is 0.504 e. The average Bonchev–Trinajstić information content (AvgIpc) is 2.64. The number of nitrogens with zero attached hydrogens (tertiary/aromatic N) is 1. The minimum absolute atomic E-state index is 0.0701. The first-order valence-corrected chi connectivity index (χ1v) is 8.25. The summed E-state index contributed by atoms with van der Waals surface area (Å²) in [4.78, 5) is 14.3. The molecule has 1 aliphatic heterocycles. The van der Waals surface area contributed by atoms with E-state index in [4.69, 9.17) is 4.74 Å². The van der Waals surface area contributed by atoms with Gasteiger partial charge in [0.15, 0.2) is 11.5 Å². The molecule has 126 valence electrons. The van der Waals surface area contributed by atoms with E-state index in [0.717, 1.165) is 27.6 Å². The molecule has 0 fully saturated rings. The summed E-state index contributed by atoms with van der Waals surface area (Å²) in [6.07, 6.45) is 0.394. The number of carbonyl (C=O) groups excluding carboxylic acids is 1. The molecular weight excluding hydrogens is 314 g/mol. The Bertz CT molecular complexity index is 980. The third-order valence-corrected chi connectivity index (χ3v) is 5.02. The molecule has 0 spiro atoms. The van der Waals surface area contributed by atoms with Crippen molar-refractivity contribution in [3.63, 3.8) is 0 Å². The van der Waals surface area contributed by atoms with E-state index < -0.39 is 0 Å². The highest BCUT2D eigenvalue weighted by atomic mass is 16.5. The standard InChI is InChI=1S/C21H19NO3/c1-22-17-9-7-13-5-3-4-6-15(13)21(17)16(12-20(22)24)14-8-10-18(23)19(11-14)25-2/h3-11,16,23H,12H2,1-2H3. The first-order valence-electron chi connectivity index (χ1n) is 8.25. The van der Waals surface area contributed by atoms with Crippen molar-refractivity contribution in [1.82, 2.24) is 0 Å². The van der Waals surface area contributed by atoms with Gasteiger partial charge in [-0.05, 0) is 40.1 Å². The van der Waals surface area contributed by atoms with Gasteiger partial charge in [0, 0.05) is 25.1 Å². The molecule has 0 saturated carbocycles. The summed E-state index contributed by atoms with van der Waals surface area (Å²) < 4.78 is 5.25. The van der Waals surface area contributed by atoms with Gasteiger partial charge in [-0.1, -0.05) is 36.4 Å². The second kappa shape index (κ2) is 5.81. The van der Waals surface area contributed by atoms with Gasteiger partial charge in [-0.3, -0.25) is 4.79 Å². The second-order valence-electron chi connectivity index (χ2n) is 6.36. The number of phenolic OH excluding ortho intramolecular Hbond substituents is 1. The topological polar surface area (TPSA) is 49.8 Å². The van der Waals surface area contributed by atoms with Gasteiger partial charge in [-0.15, -0.1) is 0 Å². The summed E-state index contributed by atoms with van der Waals surface area (Å²) >= 11 is 0.